The third kappa shape index (κ3) is 5.95. The van der Waals surface area contributed by atoms with Crippen molar-refractivity contribution >= 4 is 35.8 Å². The molecule has 8 heteroatoms. The quantitative estimate of drug-likeness (QED) is 0.225. The Morgan fingerprint density at radius 2 is 1.74 bits per heavy atom. The van der Waals surface area contributed by atoms with Gasteiger partial charge in [0.1, 0.15) is 12.6 Å². The molecule has 2 aromatic carbocycles. The maximum absolute atomic E-state index is 12.8. The molecule has 1 unspecified atom stereocenters. The van der Waals surface area contributed by atoms with Crippen molar-refractivity contribution in [3.05, 3.63) is 71.8 Å². The van der Waals surface area contributed by atoms with E-state index >= 15 is 0 Å². The highest BCUT2D eigenvalue weighted by atomic mass is 32.2. The Balaban J connectivity index is 1.66. The molecular formula is C23H24N2O5S. The van der Waals surface area contributed by atoms with E-state index in [1.807, 2.05) is 62.4 Å². The molecule has 0 N–H and O–H groups in total. The number of ether oxygens (including phenoxy) is 1. The Morgan fingerprint density at radius 3 is 2.39 bits per heavy atom. The number of benzene rings is 2. The molecule has 162 valence electrons. The fraction of sp³-hybridized carbons (Fsp3) is 0.304. The third-order valence-electron chi connectivity index (χ3n) is 4.65. The second-order valence-corrected chi connectivity index (χ2v) is 8.46. The number of amides is 1. The van der Waals surface area contributed by atoms with Gasteiger partial charge in [-0.1, -0.05) is 79.7 Å². The van der Waals surface area contributed by atoms with Gasteiger partial charge in [-0.3, -0.25) is 4.79 Å². The SMILES string of the molecule is CC(C)C1SC[C@H](C(=O)OCc2ccccc2)N1C(=O)C(=O)O/N=C/c1ccccc1. The molecule has 1 saturated heterocycles. The Bertz CT molecular complexity index is 933. The van der Waals surface area contributed by atoms with Crippen molar-refractivity contribution in [1.82, 2.24) is 4.90 Å². The smallest absolute Gasteiger partial charge is 0.422 e. The van der Waals surface area contributed by atoms with Gasteiger partial charge in [-0.2, -0.15) is 0 Å². The second-order valence-electron chi connectivity index (χ2n) is 7.31. The van der Waals surface area contributed by atoms with Crippen molar-refractivity contribution in [2.24, 2.45) is 11.1 Å². The minimum atomic E-state index is -1.14. The van der Waals surface area contributed by atoms with Crippen molar-refractivity contribution in [3.8, 4) is 0 Å². The van der Waals surface area contributed by atoms with Crippen LogP contribution in [-0.2, 0) is 30.6 Å². The minimum absolute atomic E-state index is 0.0292. The van der Waals surface area contributed by atoms with E-state index < -0.39 is 23.9 Å². The summed E-state index contributed by atoms with van der Waals surface area (Å²) >= 11 is 1.44. The predicted octanol–water partition coefficient (Wildman–Crippen LogP) is 3.23. The number of esters is 1. The minimum Gasteiger partial charge on any atom is -0.459 e. The van der Waals surface area contributed by atoms with Crippen molar-refractivity contribution < 1.29 is 24.0 Å². The number of oxime groups is 1. The second kappa shape index (κ2) is 10.8. The molecule has 1 amide bonds. The summed E-state index contributed by atoms with van der Waals surface area (Å²) < 4.78 is 5.41. The van der Waals surface area contributed by atoms with Gasteiger partial charge in [-0.25, -0.2) is 9.59 Å². The number of hydrogen-bond donors (Lipinski definition) is 0. The van der Waals surface area contributed by atoms with Gasteiger partial charge in [0.2, 0.25) is 0 Å². The molecule has 1 heterocycles. The maximum Gasteiger partial charge on any atom is 0.422 e. The molecule has 0 aromatic heterocycles. The molecule has 0 aliphatic carbocycles. The first kappa shape index (κ1) is 22.6. The summed E-state index contributed by atoms with van der Waals surface area (Å²) in [4.78, 5) is 44.0. The van der Waals surface area contributed by atoms with Gasteiger partial charge in [0.15, 0.2) is 0 Å². The van der Waals surface area contributed by atoms with Gasteiger partial charge in [0, 0.05) is 5.75 Å². The van der Waals surface area contributed by atoms with Crippen LogP contribution in [0.3, 0.4) is 0 Å². The average molecular weight is 441 g/mol. The van der Waals surface area contributed by atoms with Crippen LogP contribution >= 0.6 is 11.8 Å². The molecule has 7 nitrogen and oxygen atoms in total. The molecule has 1 aliphatic rings. The van der Waals surface area contributed by atoms with Crippen LogP contribution in [0.4, 0.5) is 0 Å². The number of nitrogens with zero attached hydrogens (tertiary/aromatic N) is 2. The third-order valence-corrected chi connectivity index (χ3v) is 6.27. The largest absolute Gasteiger partial charge is 0.459 e. The van der Waals surface area contributed by atoms with Crippen molar-refractivity contribution in [2.45, 2.75) is 31.9 Å². The molecule has 0 spiro atoms. The van der Waals surface area contributed by atoms with E-state index in [-0.39, 0.29) is 17.9 Å². The van der Waals surface area contributed by atoms with Crippen LogP contribution in [0.1, 0.15) is 25.0 Å². The first-order valence-electron chi connectivity index (χ1n) is 9.91. The van der Waals surface area contributed by atoms with Gasteiger partial charge >= 0.3 is 17.8 Å². The van der Waals surface area contributed by atoms with Crippen LogP contribution < -0.4 is 0 Å². The Morgan fingerprint density at radius 1 is 1.10 bits per heavy atom. The monoisotopic (exact) mass is 440 g/mol. The lowest BCUT2D eigenvalue weighted by Crippen LogP contribution is -2.50. The standard InChI is InChI=1S/C23H24N2O5S/c1-16(2)21-25(20(26)23(28)30-24-13-17-9-5-3-6-10-17)19(15-31-21)22(27)29-14-18-11-7-4-8-12-18/h3-13,16,19,21H,14-15H2,1-2H3/b24-13+/t19-,21?/m1/s1. The molecule has 0 radical (unpaired) electrons. The lowest BCUT2D eigenvalue weighted by Gasteiger charge is -2.29. The van der Waals surface area contributed by atoms with Crippen molar-refractivity contribution in [2.75, 3.05) is 5.75 Å². The van der Waals surface area contributed by atoms with E-state index in [4.69, 9.17) is 9.57 Å². The zero-order chi connectivity index (χ0) is 22.2. The van der Waals surface area contributed by atoms with Crippen LogP contribution in [0.15, 0.2) is 65.8 Å². The first-order chi connectivity index (χ1) is 15.0. The average Bonchev–Trinajstić information content (AvgIpc) is 3.24. The zero-order valence-electron chi connectivity index (χ0n) is 17.3. The maximum atomic E-state index is 12.8. The van der Waals surface area contributed by atoms with Gasteiger partial charge in [0.05, 0.1) is 11.6 Å². The molecule has 3 rings (SSSR count). The lowest BCUT2D eigenvalue weighted by molar-refractivity contribution is -0.165. The Kier molecular flexibility index (Phi) is 7.83. The fourth-order valence-corrected chi connectivity index (χ4v) is 4.59. The van der Waals surface area contributed by atoms with E-state index in [1.54, 1.807) is 12.1 Å². The molecule has 2 atom stereocenters. The number of rotatable bonds is 6. The van der Waals surface area contributed by atoms with Crippen LogP contribution in [-0.4, -0.2) is 46.1 Å². The van der Waals surface area contributed by atoms with Gasteiger partial charge in [0.25, 0.3) is 0 Å². The molecule has 1 fully saturated rings. The molecular weight excluding hydrogens is 416 g/mol. The summed E-state index contributed by atoms with van der Waals surface area (Å²) in [6, 6.07) is 17.4. The number of thioether (sulfide) groups is 1. The number of carbonyl (C=O) groups excluding carboxylic acids is 3. The van der Waals surface area contributed by atoms with Gasteiger partial charge in [-0.05, 0) is 17.0 Å². The van der Waals surface area contributed by atoms with Crippen molar-refractivity contribution in [3.63, 3.8) is 0 Å². The highest BCUT2D eigenvalue weighted by molar-refractivity contribution is 8.00. The highest BCUT2D eigenvalue weighted by Gasteiger charge is 2.46. The molecule has 1 aliphatic heterocycles. The summed E-state index contributed by atoms with van der Waals surface area (Å²) in [5, 5.41) is 3.26. The Hall–Kier alpha value is -3.13. The van der Waals surface area contributed by atoms with Crippen LogP contribution in [0.2, 0.25) is 0 Å². The summed E-state index contributed by atoms with van der Waals surface area (Å²) in [6.07, 6.45) is 1.34. The highest BCUT2D eigenvalue weighted by Crippen LogP contribution is 2.34. The number of hydrogen-bond acceptors (Lipinski definition) is 7. The summed E-state index contributed by atoms with van der Waals surface area (Å²) in [5.74, 6) is -2.21. The Labute approximate surface area is 185 Å². The summed E-state index contributed by atoms with van der Waals surface area (Å²) in [5.41, 5.74) is 1.57. The summed E-state index contributed by atoms with van der Waals surface area (Å²) in [6.45, 7) is 3.95. The lowest BCUT2D eigenvalue weighted by atomic mass is 10.1. The zero-order valence-corrected chi connectivity index (χ0v) is 18.2. The topological polar surface area (TPSA) is 85.3 Å². The van der Waals surface area contributed by atoms with E-state index in [1.165, 1.54) is 22.9 Å². The van der Waals surface area contributed by atoms with E-state index in [9.17, 15) is 14.4 Å². The van der Waals surface area contributed by atoms with Crippen molar-refractivity contribution in [1.29, 1.82) is 0 Å². The molecule has 31 heavy (non-hydrogen) atoms. The van der Waals surface area contributed by atoms with Gasteiger partial charge in [-0.15, -0.1) is 11.8 Å². The van der Waals surface area contributed by atoms with E-state index in [0.717, 1.165) is 11.1 Å². The van der Waals surface area contributed by atoms with E-state index in [2.05, 4.69) is 5.16 Å². The van der Waals surface area contributed by atoms with Crippen LogP contribution in [0.5, 0.6) is 0 Å². The molecule has 0 saturated carbocycles. The molecule has 0 bridgehead atoms. The number of carbonyl (C=O) groups is 3. The normalized spacial score (nSPS) is 18.4. The van der Waals surface area contributed by atoms with Crippen LogP contribution in [0.25, 0.3) is 0 Å². The fourth-order valence-electron chi connectivity index (χ4n) is 3.12. The first-order valence-corrected chi connectivity index (χ1v) is 11.0. The van der Waals surface area contributed by atoms with Gasteiger partial charge < -0.3 is 14.5 Å². The predicted molar refractivity (Wildman–Crippen MR) is 118 cm³/mol. The van der Waals surface area contributed by atoms with E-state index in [0.29, 0.717) is 5.75 Å². The molecule has 2 aromatic rings. The van der Waals surface area contributed by atoms with Crippen LogP contribution in [0, 0.1) is 5.92 Å². The summed E-state index contributed by atoms with van der Waals surface area (Å²) in [7, 11) is 0.